The molecule has 0 saturated carbocycles. The summed E-state index contributed by atoms with van der Waals surface area (Å²) in [5.41, 5.74) is 5.12. The van der Waals surface area contributed by atoms with Crippen molar-refractivity contribution < 1.29 is 9.18 Å². The number of carbonyl (C=O) groups excluding carboxylic acids is 1. The maximum Gasteiger partial charge on any atom is 0.179 e. The number of hydrogen-bond acceptors (Lipinski definition) is 2. The lowest BCUT2D eigenvalue weighted by molar-refractivity contribution is 0.0997. The summed E-state index contributed by atoms with van der Waals surface area (Å²) in [4.78, 5) is 10.9. The van der Waals surface area contributed by atoms with Crippen LogP contribution in [0.25, 0.3) is 0 Å². The Kier molecular flexibility index (Phi) is 4.47. The molecule has 4 heteroatoms. The molecule has 0 heterocycles. The van der Waals surface area contributed by atoms with Crippen molar-refractivity contribution in [3.8, 4) is 0 Å². The largest absolute Gasteiger partial charge is 0.324 e. The van der Waals surface area contributed by atoms with Gasteiger partial charge >= 0.3 is 0 Å². The van der Waals surface area contributed by atoms with E-state index in [1.807, 2.05) is 0 Å². The van der Waals surface area contributed by atoms with Gasteiger partial charge in [0.2, 0.25) is 0 Å². The van der Waals surface area contributed by atoms with E-state index in [1.54, 1.807) is 6.07 Å². The van der Waals surface area contributed by atoms with E-state index in [2.05, 4.69) is 0 Å². The van der Waals surface area contributed by atoms with E-state index in [0.717, 1.165) is 0 Å². The van der Waals surface area contributed by atoms with Gasteiger partial charge in [-0.1, -0.05) is 12.1 Å². The molecule has 0 aliphatic rings. The van der Waals surface area contributed by atoms with E-state index >= 15 is 0 Å². The third-order valence-electron chi connectivity index (χ3n) is 1.36. The normalized spacial score (nSPS) is 8.83. The molecule has 0 amide bonds. The highest BCUT2D eigenvalue weighted by Gasteiger charge is 2.07. The van der Waals surface area contributed by atoms with Crippen molar-refractivity contribution in [3.05, 3.63) is 35.6 Å². The molecule has 0 aliphatic heterocycles. The topological polar surface area (TPSA) is 43.1 Å². The highest BCUT2D eigenvalue weighted by Crippen LogP contribution is 2.05. The van der Waals surface area contributed by atoms with Gasteiger partial charge in [0.25, 0.3) is 0 Å². The zero-order chi connectivity index (χ0) is 8.27. The summed E-state index contributed by atoms with van der Waals surface area (Å²) < 4.78 is 12.8. The third kappa shape index (κ3) is 2.29. The minimum Gasteiger partial charge on any atom is -0.324 e. The van der Waals surface area contributed by atoms with Gasteiger partial charge in [0.15, 0.2) is 5.78 Å². The van der Waals surface area contributed by atoms with Crippen LogP contribution in [0, 0.1) is 5.82 Å². The Balaban J connectivity index is 0.00000121. The van der Waals surface area contributed by atoms with Crippen molar-refractivity contribution in [1.82, 2.24) is 0 Å². The van der Waals surface area contributed by atoms with Gasteiger partial charge in [0, 0.05) is 0 Å². The number of halogens is 2. The quantitative estimate of drug-likeness (QED) is 0.715. The first-order valence-electron chi connectivity index (χ1n) is 3.23. The molecule has 0 unspecified atom stereocenters. The average molecular weight is 190 g/mol. The third-order valence-corrected chi connectivity index (χ3v) is 1.36. The second-order valence-electron chi connectivity index (χ2n) is 2.11. The highest BCUT2D eigenvalue weighted by molar-refractivity contribution is 5.97. The molecule has 0 bridgehead atoms. The average Bonchev–Trinajstić information content (AvgIpc) is 2.04. The Labute approximate surface area is 76.0 Å². The molecule has 0 aromatic heterocycles. The summed E-state index contributed by atoms with van der Waals surface area (Å²) in [7, 11) is 0. The summed E-state index contributed by atoms with van der Waals surface area (Å²) in [6, 6.07) is 5.79. The van der Waals surface area contributed by atoms with Crippen molar-refractivity contribution in [2.75, 3.05) is 6.54 Å². The van der Waals surface area contributed by atoms with E-state index in [1.165, 1.54) is 18.2 Å². The van der Waals surface area contributed by atoms with Gasteiger partial charge in [0.1, 0.15) is 5.82 Å². The van der Waals surface area contributed by atoms with Crippen molar-refractivity contribution in [2.45, 2.75) is 0 Å². The van der Waals surface area contributed by atoms with Crippen molar-refractivity contribution >= 4 is 18.2 Å². The van der Waals surface area contributed by atoms with Crippen LogP contribution in [0.3, 0.4) is 0 Å². The van der Waals surface area contributed by atoms with Crippen molar-refractivity contribution in [1.29, 1.82) is 0 Å². The molecule has 0 spiro atoms. The van der Waals surface area contributed by atoms with E-state index < -0.39 is 5.82 Å². The van der Waals surface area contributed by atoms with Crippen LogP contribution in [0.15, 0.2) is 24.3 Å². The second-order valence-corrected chi connectivity index (χ2v) is 2.11. The fraction of sp³-hybridized carbons (Fsp3) is 0.125. The standard InChI is InChI=1S/C8H8FNO.ClH/c9-7-4-2-1-3-6(7)8(11)5-10;/h1-4H,5,10H2;1H. The first-order valence-corrected chi connectivity index (χ1v) is 3.23. The number of ketones is 1. The van der Waals surface area contributed by atoms with Gasteiger partial charge in [-0.05, 0) is 12.1 Å². The lowest BCUT2D eigenvalue weighted by Crippen LogP contribution is -2.14. The summed E-state index contributed by atoms with van der Waals surface area (Å²) in [5.74, 6) is -0.883. The first kappa shape index (κ1) is 11.1. The van der Waals surface area contributed by atoms with Crippen molar-refractivity contribution in [2.24, 2.45) is 5.73 Å². The monoisotopic (exact) mass is 189 g/mol. The van der Waals surface area contributed by atoms with Gasteiger partial charge in [0.05, 0.1) is 12.1 Å². The van der Waals surface area contributed by atoms with Crippen LogP contribution in [0.4, 0.5) is 4.39 Å². The minimum atomic E-state index is -0.511. The lowest BCUT2D eigenvalue weighted by Gasteiger charge is -1.97. The zero-order valence-electron chi connectivity index (χ0n) is 6.29. The Hall–Kier alpha value is -0.930. The first-order chi connectivity index (χ1) is 5.25. The molecule has 2 nitrogen and oxygen atoms in total. The molecule has 1 aromatic rings. The zero-order valence-corrected chi connectivity index (χ0v) is 7.10. The van der Waals surface area contributed by atoms with Gasteiger partial charge in [-0.2, -0.15) is 0 Å². The highest BCUT2D eigenvalue weighted by atomic mass is 35.5. The van der Waals surface area contributed by atoms with Crippen LogP contribution in [0.1, 0.15) is 10.4 Å². The van der Waals surface area contributed by atoms with Crippen LogP contribution in [0.2, 0.25) is 0 Å². The van der Waals surface area contributed by atoms with Gasteiger partial charge < -0.3 is 5.73 Å². The van der Waals surface area contributed by atoms with Crippen LogP contribution >= 0.6 is 12.4 Å². The van der Waals surface area contributed by atoms with E-state index in [9.17, 15) is 9.18 Å². The predicted octanol–water partition coefficient (Wildman–Crippen LogP) is 1.39. The van der Waals surface area contributed by atoms with Crippen LogP contribution in [-0.2, 0) is 0 Å². The number of benzene rings is 1. The minimum absolute atomic E-state index is 0. The Bertz CT molecular complexity index is 278. The number of hydrogen-bond donors (Lipinski definition) is 1. The molecule has 0 fully saturated rings. The molecular formula is C8H9ClFNO. The molecule has 0 saturated heterocycles. The molecule has 66 valence electrons. The number of carbonyl (C=O) groups is 1. The summed E-state index contributed by atoms with van der Waals surface area (Å²) >= 11 is 0. The fourth-order valence-electron chi connectivity index (χ4n) is 0.797. The second kappa shape index (κ2) is 4.85. The van der Waals surface area contributed by atoms with Crippen LogP contribution in [0.5, 0.6) is 0 Å². The summed E-state index contributed by atoms with van der Waals surface area (Å²) in [5, 5.41) is 0. The lowest BCUT2D eigenvalue weighted by atomic mass is 10.1. The van der Waals surface area contributed by atoms with Gasteiger partial charge in [-0.25, -0.2) is 4.39 Å². The smallest absolute Gasteiger partial charge is 0.179 e. The molecule has 1 aromatic carbocycles. The molecule has 0 atom stereocenters. The van der Waals surface area contributed by atoms with E-state index in [4.69, 9.17) is 5.73 Å². The SMILES string of the molecule is Cl.NCC(=O)c1ccccc1F. The number of rotatable bonds is 2. The van der Waals surface area contributed by atoms with E-state index in [0.29, 0.717) is 0 Å². The number of Topliss-reactive ketones (excluding diaryl/α,β-unsaturated/α-hetero) is 1. The van der Waals surface area contributed by atoms with Crippen LogP contribution < -0.4 is 5.73 Å². The van der Waals surface area contributed by atoms with Crippen molar-refractivity contribution in [3.63, 3.8) is 0 Å². The Morgan fingerprint density at radius 2 is 2.00 bits per heavy atom. The molecule has 2 N–H and O–H groups in total. The predicted molar refractivity (Wildman–Crippen MR) is 47.0 cm³/mol. The summed E-state index contributed by atoms with van der Waals surface area (Å²) in [6.45, 7) is -0.152. The summed E-state index contributed by atoms with van der Waals surface area (Å²) in [6.07, 6.45) is 0. The fourth-order valence-corrected chi connectivity index (χ4v) is 0.797. The molecule has 0 aliphatic carbocycles. The molecule has 1 rings (SSSR count). The maximum atomic E-state index is 12.8. The van der Waals surface area contributed by atoms with Gasteiger partial charge in [-0.15, -0.1) is 12.4 Å². The van der Waals surface area contributed by atoms with Gasteiger partial charge in [-0.3, -0.25) is 4.79 Å². The maximum absolute atomic E-state index is 12.8. The number of nitrogens with two attached hydrogens (primary N) is 1. The molecule has 0 radical (unpaired) electrons. The molecular weight excluding hydrogens is 181 g/mol. The van der Waals surface area contributed by atoms with E-state index in [-0.39, 0.29) is 30.3 Å². The molecule has 12 heavy (non-hydrogen) atoms. The Morgan fingerprint density at radius 3 is 2.50 bits per heavy atom. The van der Waals surface area contributed by atoms with Crippen LogP contribution in [-0.4, -0.2) is 12.3 Å². The Morgan fingerprint density at radius 1 is 1.42 bits per heavy atom.